The summed E-state index contributed by atoms with van der Waals surface area (Å²) >= 11 is 5.89. The second kappa shape index (κ2) is 6.12. The van der Waals surface area contributed by atoms with Gasteiger partial charge in [-0.25, -0.2) is 9.19 Å². The van der Waals surface area contributed by atoms with Gasteiger partial charge in [-0.2, -0.15) is 4.40 Å². The molecule has 0 aliphatic heterocycles. The van der Waals surface area contributed by atoms with Crippen molar-refractivity contribution in [2.24, 2.45) is 4.40 Å². The lowest BCUT2D eigenvalue weighted by Gasteiger charge is -2.12. The van der Waals surface area contributed by atoms with Crippen molar-refractivity contribution in [3.63, 3.8) is 0 Å². The largest absolute Gasteiger partial charge is 0.303 e. The van der Waals surface area contributed by atoms with E-state index in [4.69, 9.17) is 11.6 Å². The van der Waals surface area contributed by atoms with Crippen molar-refractivity contribution in [2.45, 2.75) is 32.4 Å². The molecule has 0 bridgehead atoms. The Balaban J connectivity index is 2.26. The summed E-state index contributed by atoms with van der Waals surface area (Å²) in [6, 6.07) is 7.51. The van der Waals surface area contributed by atoms with Crippen LogP contribution in [0.25, 0.3) is 5.69 Å². The first-order chi connectivity index (χ1) is 9.77. The Morgan fingerprint density at radius 1 is 1.29 bits per heavy atom. The highest BCUT2D eigenvalue weighted by atomic mass is 35.5. The van der Waals surface area contributed by atoms with E-state index in [2.05, 4.69) is 9.38 Å². The summed E-state index contributed by atoms with van der Waals surface area (Å²) in [5, 5.41) is 0.693. The van der Waals surface area contributed by atoms with E-state index in [0.29, 0.717) is 10.7 Å². The van der Waals surface area contributed by atoms with Gasteiger partial charge in [0.05, 0.1) is 11.0 Å². The van der Waals surface area contributed by atoms with Gasteiger partial charge in [-0.3, -0.25) is 0 Å². The normalized spacial score (nSPS) is 13.8. The van der Waals surface area contributed by atoms with Gasteiger partial charge in [0.2, 0.25) is 0 Å². The molecule has 0 aliphatic carbocycles. The molecular formula is C15H18ClN3OS. The van der Waals surface area contributed by atoms with Crippen molar-refractivity contribution in [1.82, 2.24) is 9.55 Å². The molecule has 112 valence electrons. The lowest BCUT2D eigenvalue weighted by Crippen LogP contribution is -2.19. The maximum absolute atomic E-state index is 11.9. The Bertz CT molecular complexity index is 684. The molecule has 0 saturated carbocycles. The van der Waals surface area contributed by atoms with Crippen molar-refractivity contribution in [2.75, 3.05) is 0 Å². The van der Waals surface area contributed by atoms with Crippen LogP contribution >= 0.6 is 11.6 Å². The molecule has 21 heavy (non-hydrogen) atoms. The Morgan fingerprint density at radius 3 is 2.48 bits per heavy atom. The molecule has 0 saturated heterocycles. The van der Waals surface area contributed by atoms with E-state index in [1.807, 2.05) is 62.7 Å². The third kappa shape index (κ3) is 4.02. The van der Waals surface area contributed by atoms with Gasteiger partial charge in [0.1, 0.15) is 22.5 Å². The smallest absolute Gasteiger partial charge is 0.144 e. The minimum absolute atomic E-state index is 0.371. The van der Waals surface area contributed by atoms with Gasteiger partial charge in [0.15, 0.2) is 0 Å². The minimum atomic E-state index is -1.28. The molecule has 2 rings (SSSR count). The SMILES string of the molecule is Cc1nc(C=N[S@@](=O)C(C)(C)C)cn1-c1ccc(Cl)cc1. The molecule has 1 aromatic carbocycles. The van der Waals surface area contributed by atoms with Crippen LogP contribution in [-0.4, -0.2) is 24.7 Å². The van der Waals surface area contributed by atoms with Gasteiger partial charge < -0.3 is 4.57 Å². The summed E-state index contributed by atoms with van der Waals surface area (Å²) in [7, 11) is -1.28. The average Bonchev–Trinajstić information content (AvgIpc) is 2.77. The van der Waals surface area contributed by atoms with Gasteiger partial charge >= 0.3 is 0 Å². The number of imidazole rings is 1. The first-order valence-electron chi connectivity index (χ1n) is 6.55. The van der Waals surface area contributed by atoms with Crippen LogP contribution in [0.3, 0.4) is 0 Å². The first-order valence-corrected chi connectivity index (χ1v) is 8.04. The van der Waals surface area contributed by atoms with Crippen molar-refractivity contribution < 1.29 is 4.21 Å². The van der Waals surface area contributed by atoms with Crippen LogP contribution in [0, 0.1) is 6.92 Å². The summed E-state index contributed by atoms with van der Waals surface area (Å²) < 4.78 is 17.6. The lowest BCUT2D eigenvalue weighted by molar-refractivity contribution is 0.651. The summed E-state index contributed by atoms with van der Waals surface area (Å²) in [5.41, 5.74) is 1.65. The number of aryl methyl sites for hydroxylation is 1. The number of hydrogen-bond acceptors (Lipinski definition) is 2. The summed E-state index contributed by atoms with van der Waals surface area (Å²) in [6.45, 7) is 7.57. The predicted octanol–water partition coefficient (Wildman–Crippen LogP) is 3.72. The Kier molecular flexibility index (Phi) is 4.64. The van der Waals surface area contributed by atoms with E-state index in [1.165, 1.54) is 0 Å². The number of benzene rings is 1. The molecule has 2 aromatic rings. The van der Waals surface area contributed by atoms with Crippen LogP contribution in [0.5, 0.6) is 0 Å². The van der Waals surface area contributed by atoms with Crippen molar-refractivity contribution >= 4 is 28.8 Å². The van der Waals surface area contributed by atoms with Crippen LogP contribution in [0.4, 0.5) is 0 Å². The fourth-order valence-corrected chi connectivity index (χ4v) is 2.33. The van der Waals surface area contributed by atoms with Crippen molar-refractivity contribution in [1.29, 1.82) is 0 Å². The molecule has 0 aliphatic rings. The molecule has 0 unspecified atom stereocenters. The second-order valence-electron chi connectivity index (χ2n) is 5.66. The highest BCUT2D eigenvalue weighted by molar-refractivity contribution is 7.85. The molecule has 6 heteroatoms. The average molecular weight is 324 g/mol. The molecule has 4 nitrogen and oxygen atoms in total. The number of nitrogens with zero attached hydrogens (tertiary/aromatic N) is 3. The fourth-order valence-electron chi connectivity index (χ4n) is 1.68. The summed E-state index contributed by atoms with van der Waals surface area (Å²) in [5.74, 6) is 0.834. The van der Waals surface area contributed by atoms with E-state index in [0.717, 1.165) is 11.5 Å². The zero-order valence-electron chi connectivity index (χ0n) is 12.5. The third-order valence-electron chi connectivity index (χ3n) is 2.81. The lowest BCUT2D eigenvalue weighted by atomic mass is 10.3. The van der Waals surface area contributed by atoms with Crippen LogP contribution in [0.15, 0.2) is 34.9 Å². The standard InChI is InChI=1S/C15H18ClN3OS/c1-11-18-13(9-17-21(20)15(2,3)4)10-19(11)14-7-5-12(16)6-8-14/h5-10H,1-4H3/t21-/m0/s1. The monoisotopic (exact) mass is 323 g/mol. The number of halogens is 1. The molecule has 0 fully saturated rings. The maximum Gasteiger partial charge on any atom is 0.144 e. The zero-order chi connectivity index (χ0) is 15.6. The number of hydrogen-bond donors (Lipinski definition) is 0. The molecule has 1 aromatic heterocycles. The predicted molar refractivity (Wildman–Crippen MR) is 88.8 cm³/mol. The van der Waals surface area contributed by atoms with Crippen LogP contribution in [0.2, 0.25) is 5.02 Å². The van der Waals surface area contributed by atoms with E-state index < -0.39 is 11.0 Å². The summed E-state index contributed by atoms with van der Waals surface area (Å²) in [6.07, 6.45) is 3.42. The molecule has 1 atom stereocenters. The van der Waals surface area contributed by atoms with Gasteiger partial charge in [0, 0.05) is 16.9 Å². The minimum Gasteiger partial charge on any atom is -0.303 e. The molecule has 1 heterocycles. The zero-order valence-corrected chi connectivity index (χ0v) is 14.1. The molecule has 0 radical (unpaired) electrons. The Labute approximate surface area is 132 Å². The van der Waals surface area contributed by atoms with Crippen LogP contribution in [0.1, 0.15) is 32.3 Å². The van der Waals surface area contributed by atoms with Crippen molar-refractivity contribution in [3.8, 4) is 5.69 Å². The maximum atomic E-state index is 11.9. The molecule has 0 N–H and O–H groups in total. The number of rotatable bonds is 3. The van der Waals surface area contributed by atoms with E-state index in [9.17, 15) is 4.21 Å². The van der Waals surface area contributed by atoms with Crippen LogP contribution in [-0.2, 0) is 11.0 Å². The third-order valence-corrected chi connectivity index (χ3v) is 4.41. The molecule has 0 spiro atoms. The van der Waals surface area contributed by atoms with Gasteiger partial charge in [-0.1, -0.05) is 11.6 Å². The topological polar surface area (TPSA) is 47.2 Å². The Hall–Kier alpha value is -1.46. The van der Waals surface area contributed by atoms with E-state index >= 15 is 0 Å². The highest BCUT2D eigenvalue weighted by Crippen LogP contribution is 2.16. The summed E-state index contributed by atoms with van der Waals surface area (Å²) in [4.78, 5) is 4.41. The Morgan fingerprint density at radius 2 is 1.90 bits per heavy atom. The quantitative estimate of drug-likeness (QED) is 0.808. The molecular weight excluding hydrogens is 306 g/mol. The van der Waals surface area contributed by atoms with Gasteiger partial charge in [-0.05, 0) is 52.0 Å². The number of aromatic nitrogens is 2. The highest BCUT2D eigenvalue weighted by Gasteiger charge is 2.18. The van der Waals surface area contributed by atoms with Crippen molar-refractivity contribution in [3.05, 3.63) is 47.0 Å². The fraction of sp³-hybridized carbons (Fsp3) is 0.333. The van der Waals surface area contributed by atoms with Gasteiger partial charge in [-0.15, -0.1) is 0 Å². The van der Waals surface area contributed by atoms with Crippen LogP contribution < -0.4 is 0 Å². The first kappa shape index (κ1) is 15.9. The van der Waals surface area contributed by atoms with Gasteiger partial charge in [0.25, 0.3) is 0 Å². The van der Waals surface area contributed by atoms with E-state index in [1.54, 1.807) is 6.21 Å². The van der Waals surface area contributed by atoms with E-state index in [-0.39, 0.29) is 4.75 Å². The molecule has 0 amide bonds. The second-order valence-corrected chi connectivity index (χ2v) is 8.03.